The smallest absolute Gasteiger partial charge is 0.0689 e. The van der Waals surface area contributed by atoms with E-state index in [1.54, 1.807) is 0 Å². The lowest BCUT2D eigenvalue weighted by Crippen LogP contribution is -2.31. The molecule has 0 amide bonds. The van der Waals surface area contributed by atoms with Crippen molar-refractivity contribution in [1.82, 2.24) is 0 Å². The second-order valence-electron chi connectivity index (χ2n) is 7.96. The molecule has 2 aliphatic carbocycles. The Morgan fingerprint density at radius 2 is 1.50 bits per heavy atom. The van der Waals surface area contributed by atoms with Gasteiger partial charge in [0.25, 0.3) is 0 Å². The monoisotopic (exact) mass is 305 g/mol. The Balaban J connectivity index is 1.72. The Morgan fingerprint density at radius 1 is 0.909 bits per heavy atom. The van der Waals surface area contributed by atoms with Crippen molar-refractivity contribution < 1.29 is 5.11 Å². The summed E-state index contributed by atoms with van der Waals surface area (Å²) in [6.45, 7) is 2.25. The molecule has 2 heteroatoms. The normalized spacial score (nSPS) is 36.0. The molecule has 0 bridgehead atoms. The van der Waals surface area contributed by atoms with Gasteiger partial charge in [0, 0.05) is 0 Å². The van der Waals surface area contributed by atoms with E-state index >= 15 is 0 Å². The minimum absolute atomic E-state index is 0.00308. The van der Waals surface area contributed by atoms with Gasteiger partial charge in [0.05, 0.1) is 17.6 Å². The molecule has 0 aromatic carbocycles. The maximum Gasteiger partial charge on any atom is 0.0689 e. The van der Waals surface area contributed by atoms with E-state index in [1.165, 1.54) is 57.8 Å². The zero-order valence-corrected chi connectivity index (χ0v) is 14.5. The van der Waals surface area contributed by atoms with E-state index in [9.17, 15) is 10.4 Å². The average molecular weight is 306 g/mol. The summed E-state index contributed by atoms with van der Waals surface area (Å²) in [5.74, 6) is 1.65. The summed E-state index contributed by atoms with van der Waals surface area (Å²) in [5, 5.41) is 19.4. The number of hydrogen-bond acceptors (Lipinski definition) is 2. The predicted octanol–water partition coefficient (Wildman–Crippen LogP) is 5.60. The molecule has 0 aliphatic heterocycles. The maximum atomic E-state index is 9.69. The Bertz CT molecular complexity index is 343. The van der Waals surface area contributed by atoms with Crippen LogP contribution in [0.3, 0.4) is 0 Å². The van der Waals surface area contributed by atoms with Gasteiger partial charge in [-0.2, -0.15) is 5.26 Å². The van der Waals surface area contributed by atoms with Crippen LogP contribution < -0.4 is 0 Å². The summed E-state index contributed by atoms with van der Waals surface area (Å²) in [6.07, 6.45) is 16.8. The van der Waals surface area contributed by atoms with Crippen LogP contribution in [-0.2, 0) is 0 Å². The molecule has 22 heavy (non-hydrogen) atoms. The number of rotatable bonds is 7. The van der Waals surface area contributed by atoms with E-state index in [0.717, 1.165) is 43.9 Å². The van der Waals surface area contributed by atoms with Crippen molar-refractivity contribution in [2.45, 2.75) is 103 Å². The molecule has 2 fully saturated rings. The third-order valence-electron chi connectivity index (χ3n) is 6.39. The lowest BCUT2D eigenvalue weighted by atomic mass is 9.64. The second kappa shape index (κ2) is 8.92. The van der Waals surface area contributed by atoms with Crippen molar-refractivity contribution in [3.63, 3.8) is 0 Å². The molecule has 2 saturated carbocycles. The molecule has 2 aliphatic rings. The van der Waals surface area contributed by atoms with Gasteiger partial charge in [0.15, 0.2) is 0 Å². The minimum atomic E-state index is -0.0406. The van der Waals surface area contributed by atoms with E-state index in [0.29, 0.717) is 0 Å². The highest BCUT2D eigenvalue weighted by atomic mass is 16.3. The molecule has 0 radical (unpaired) electrons. The molecule has 0 atom stereocenters. The molecule has 1 N–H and O–H groups in total. The van der Waals surface area contributed by atoms with Crippen molar-refractivity contribution in [3.8, 4) is 6.07 Å². The van der Waals surface area contributed by atoms with Crippen LogP contribution >= 0.6 is 0 Å². The third-order valence-corrected chi connectivity index (χ3v) is 6.39. The summed E-state index contributed by atoms with van der Waals surface area (Å²) in [4.78, 5) is 0. The first-order valence-corrected chi connectivity index (χ1v) is 9.78. The van der Waals surface area contributed by atoms with E-state index in [2.05, 4.69) is 13.0 Å². The van der Waals surface area contributed by atoms with Crippen LogP contribution in [0, 0.1) is 28.6 Å². The molecule has 2 rings (SSSR count). The van der Waals surface area contributed by atoms with Crippen molar-refractivity contribution in [3.05, 3.63) is 0 Å². The zero-order chi connectivity index (χ0) is 15.8. The first kappa shape index (κ1) is 17.8. The molecule has 0 spiro atoms. The molecule has 0 saturated heterocycles. The Morgan fingerprint density at radius 3 is 2.09 bits per heavy atom. The lowest BCUT2D eigenvalue weighted by Gasteiger charge is -2.40. The lowest BCUT2D eigenvalue weighted by molar-refractivity contribution is 0.0685. The van der Waals surface area contributed by atoms with Gasteiger partial charge in [-0.15, -0.1) is 0 Å². The summed E-state index contributed by atoms with van der Waals surface area (Å²) in [5.41, 5.74) is -0.00308. The van der Waals surface area contributed by atoms with Crippen molar-refractivity contribution in [1.29, 1.82) is 5.26 Å². The van der Waals surface area contributed by atoms with Crippen molar-refractivity contribution in [2.24, 2.45) is 17.3 Å². The summed E-state index contributed by atoms with van der Waals surface area (Å²) < 4.78 is 0. The van der Waals surface area contributed by atoms with Gasteiger partial charge in [0.1, 0.15) is 0 Å². The first-order valence-electron chi connectivity index (χ1n) is 9.78. The number of aliphatic hydroxyl groups is 1. The first-order chi connectivity index (χ1) is 10.7. The quantitative estimate of drug-likeness (QED) is 0.622. The maximum absolute atomic E-state index is 9.69. The van der Waals surface area contributed by atoms with E-state index < -0.39 is 0 Å². The third kappa shape index (κ3) is 4.98. The molecular formula is C20H35NO. The number of nitriles is 1. The fourth-order valence-corrected chi connectivity index (χ4v) is 4.72. The molecule has 0 aromatic heterocycles. The van der Waals surface area contributed by atoms with Crippen LogP contribution in [0.2, 0.25) is 0 Å². The van der Waals surface area contributed by atoms with E-state index in [-0.39, 0.29) is 11.5 Å². The number of unbranched alkanes of at least 4 members (excludes halogenated alkanes) is 4. The fraction of sp³-hybridized carbons (Fsp3) is 0.950. The molecule has 0 heterocycles. The molecule has 0 aromatic rings. The standard InChI is InChI=1S/C20H35NO/c1-2-3-4-5-6-13-20(16-21)14-11-18(12-15-20)17-7-9-19(22)10-8-17/h17-19,22H,2-15H2,1H3. The number of aliphatic hydroxyl groups excluding tert-OH is 1. The van der Waals surface area contributed by atoms with Crippen LogP contribution in [-0.4, -0.2) is 11.2 Å². The van der Waals surface area contributed by atoms with Crippen LogP contribution in [0.15, 0.2) is 0 Å². The molecule has 2 nitrogen and oxygen atoms in total. The SMILES string of the molecule is CCCCCCCC1(C#N)CCC(C2CCC(O)CC2)CC1. The van der Waals surface area contributed by atoms with Gasteiger partial charge in [0.2, 0.25) is 0 Å². The highest BCUT2D eigenvalue weighted by Gasteiger charge is 2.38. The van der Waals surface area contributed by atoms with Gasteiger partial charge in [-0.05, 0) is 69.6 Å². The zero-order valence-electron chi connectivity index (χ0n) is 14.5. The van der Waals surface area contributed by atoms with Crippen molar-refractivity contribution >= 4 is 0 Å². The highest BCUT2D eigenvalue weighted by molar-refractivity contribution is 5.02. The fourth-order valence-electron chi connectivity index (χ4n) is 4.72. The van der Waals surface area contributed by atoms with Gasteiger partial charge < -0.3 is 5.11 Å². The molecular weight excluding hydrogens is 270 g/mol. The summed E-state index contributed by atoms with van der Waals surface area (Å²) in [6, 6.07) is 2.70. The van der Waals surface area contributed by atoms with Gasteiger partial charge >= 0.3 is 0 Å². The molecule has 0 unspecified atom stereocenters. The topological polar surface area (TPSA) is 44.0 Å². The van der Waals surface area contributed by atoms with Gasteiger partial charge in [-0.3, -0.25) is 0 Å². The average Bonchev–Trinajstić information content (AvgIpc) is 2.56. The van der Waals surface area contributed by atoms with Crippen LogP contribution in [0.1, 0.15) is 96.8 Å². The van der Waals surface area contributed by atoms with E-state index in [1.807, 2.05) is 0 Å². The Labute approximate surface area is 137 Å². The summed E-state index contributed by atoms with van der Waals surface area (Å²) in [7, 11) is 0. The van der Waals surface area contributed by atoms with Gasteiger partial charge in [-0.25, -0.2) is 0 Å². The van der Waals surface area contributed by atoms with Gasteiger partial charge in [-0.1, -0.05) is 39.0 Å². The second-order valence-corrected chi connectivity index (χ2v) is 7.96. The van der Waals surface area contributed by atoms with Crippen LogP contribution in [0.5, 0.6) is 0 Å². The largest absolute Gasteiger partial charge is 0.393 e. The Kier molecular flexibility index (Phi) is 7.22. The molecule has 126 valence electrons. The highest BCUT2D eigenvalue weighted by Crippen LogP contribution is 2.46. The predicted molar refractivity (Wildman–Crippen MR) is 91.3 cm³/mol. The summed E-state index contributed by atoms with van der Waals surface area (Å²) >= 11 is 0. The van der Waals surface area contributed by atoms with Crippen molar-refractivity contribution in [2.75, 3.05) is 0 Å². The minimum Gasteiger partial charge on any atom is -0.393 e. The Hall–Kier alpha value is -0.550. The number of nitrogens with zero attached hydrogens (tertiary/aromatic N) is 1. The van der Waals surface area contributed by atoms with E-state index in [4.69, 9.17) is 0 Å². The number of hydrogen-bond donors (Lipinski definition) is 1. The van der Waals surface area contributed by atoms with Crippen LogP contribution in [0.4, 0.5) is 0 Å². The van der Waals surface area contributed by atoms with Crippen LogP contribution in [0.25, 0.3) is 0 Å².